The molecule has 0 saturated heterocycles. The molecule has 0 atom stereocenters. The van der Waals surface area contributed by atoms with Crippen LogP contribution in [0.3, 0.4) is 0 Å². The second kappa shape index (κ2) is 5.33. The Morgan fingerprint density at radius 3 is 2.16 bits per heavy atom. The van der Waals surface area contributed by atoms with E-state index in [-0.39, 0.29) is 0 Å². The van der Waals surface area contributed by atoms with Crippen LogP contribution in [0.15, 0.2) is 53.5 Å². The number of rotatable bonds is 3. The summed E-state index contributed by atoms with van der Waals surface area (Å²) in [6.07, 6.45) is 0. The first-order valence-corrected chi connectivity index (χ1v) is 6.51. The molecule has 1 aliphatic heterocycles. The van der Waals surface area contributed by atoms with Crippen LogP contribution in [0.4, 0.5) is 0 Å². The number of ether oxygens (including phenoxy) is 1. The number of halogens is 1. The zero-order valence-electron chi connectivity index (χ0n) is 10.3. The number of benzene rings is 2. The Morgan fingerprint density at radius 2 is 1.58 bits per heavy atom. The van der Waals surface area contributed by atoms with Gasteiger partial charge in [-0.15, -0.1) is 0 Å². The molecule has 0 fully saturated rings. The molecule has 1 N–H and O–H groups in total. The van der Waals surface area contributed by atoms with Gasteiger partial charge in [0.1, 0.15) is 17.3 Å². The summed E-state index contributed by atoms with van der Waals surface area (Å²) in [7, 11) is 0. The van der Waals surface area contributed by atoms with Gasteiger partial charge in [-0.1, -0.05) is 11.6 Å². The molecule has 4 heteroatoms. The van der Waals surface area contributed by atoms with Crippen LogP contribution in [0.5, 0.6) is 11.5 Å². The lowest BCUT2D eigenvalue weighted by Crippen LogP contribution is -2.19. The van der Waals surface area contributed by atoms with Gasteiger partial charge in [-0.3, -0.25) is 4.99 Å². The lowest BCUT2D eigenvalue weighted by Gasteiger charge is -2.07. The Kier molecular flexibility index (Phi) is 3.38. The second-order valence-electron chi connectivity index (χ2n) is 4.24. The third-order valence-electron chi connectivity index (χ3n) is 2.85. The number of hydrogen-bond donors (Lipinski definition) is 1. The summed E-state index contributed by atoms with van der Waals surface area (Å²) in [5.41, 5.74) is 1.08. The smallest absolute Gasteiger partial charge is 0.128 e. The SMILES string of the molecule is Clc1ccc(Oc2ccc(C3=NCCN3)cc2)cc1. The highest BCUT2D eigenvalue weighted by molar-refractivity contribution is 6.30. The molecule has 2 aromatic carbocycles. The van der Waals surface area contributed by atoms with Crippen LogP contribution >= 0.6 is 11.6 Å². The highest BCUT2D eigenvalue weighted by Gasteiger charge is 2.07. The van der Waals surface area contributed by atoms with Gasteiger partial charge >= 0.3 is 0 Å². The Labute approximate surface area is 116 Å². The van der Waals surface area contributed by atoms with Gasteiger partial charge in [-0.2, -0.15) is 0 Å². The second-order valence-corrected chi connectivity index (χ2v) is 4.67. The van der Waals surface area contributed by atoms with Gasteiger partial charge in [-0.05, 0) is 48.5 Å². The van der Waals surface area contributed by atoms with Crippen LogP contribution in [-0.2, 0) is 0 Å². The van der Waals surface area contributed by atoms with E-state index in [4.69, 9.17) is 16.3 Å². The van der Waals surface area contributed by atoms with E-state index in [9.17, 15) is 0 Å². The zero-order valence-corrected chi connectivity index (χ0v) is 11.0. The molecule has 2 aromatic rings. The molecule has 0 aromatic heterocycles. The van der Waals surface area contributed by atoms with Crippen molar-refractivity contribution < 1.29 is 4.74 Å². The van der Waals surface area contributed by atoms with Crippen LogP contribution in [0.1, 0.15) is 5.56 Å². The molecule has 1 heterocycles. The van der Waals surface area contributed by atoms with E-state index in [0.717, 1.165) is 36.0 Å². The molecule has 0 unspecified atom stereocenters. The summed E-state index contributed by atoms with van der Waals surface area (Å²) in [5.74, 6) is 2.52. The molecule has 96 valence electrons. The standard InChI is InChI=1S/C15H13ClN2O/c16-12-3-7-14(8-4-12)19-13-5-1-11(2-6-13)15-17-9-10-18-15/h1-8H,9-10H2,(H,17,18). The maximum absolute atomic E-state index is 5.83. The maximum atomic E-state index is 5.83. The van der Waals surface area contributed by atoms with Crippen molar-refractivity contribution in [1.82, 2.24) is 5.32 Å². The van der Waals surface area contributed by atoms with Crippen molar-refractivity contribution in [3.63, 3.8) is 0 Å². The van der Waals surface area contributed by atoms with Crippen LogP contribution < -0.4 is 10.1 Å². The lowest BCUT2D eigenvalue weighted by molar-refractivity contribution is 0.482. The van der Waals surface area contributed by atoms with Crippen molar-refractivity contribution >= 4 is 17.4 Å². The van der Waals surface area contributed by atoms with Crippen molar-refractivity contribution in [1.29, 1.82) is 0 Å². The molecule has 0 spiro atoms. The van der Waals surface area contributed by atoms with E-state index < -0.39 is 0 Å². The highest BCUT2D eigenvalue weighted by Crippen LogP contribution is 2.23. The van der Waals surface area contributed by atoms with Crippen LogP contribution in [0, 0.1) is 0 Å². The number of amidine groups is 1. The van der Waals surface area contributed by atoms with E-state index in [0.29, 0.717) is 5.02 Å². The first-order chi connectivity index (χ1) is 9.31. The summed E-state index contributed by atoms with van der Waals surface area (Å²) in [4.78, 5) is 4.38. The van der Waals surface area contributed by atoms with Gasteiger partial charge in [0.2, 0.25) is 0 Å². The molecule has 3 nitrogen and oxygen atoms in total. The Morgan fingerprint density at radius 1 is 0.947 bits per heavy atom. The number of nitrogens with one attached hydrogen (secondary N) is 1. The first kappa shape index (κ1) is 12.1. The summed E-state index contributed by atoms with van der Waals surface area (Å²) in [6.45, 7) is 1.76. The molecule has 1 aliphatic rings. The van der Waals surface area contributed by atoms with Gasteiger partial charge in [0.05, 0.1) is 6.54 Å². The minimum Gasteiger partial charge on any atom is -0.457 e. The molecule has 0 amide bonds. The number of nitrogens with zero attached hydrogens (tertiary/aromatic N) is 1. The van der Waals surface area contributed by atoms with Crippen molar-refractivity contribution in [2.45, 2.75) is 0 Å². The topological polar surface area (TPSA) is 33.6 Å². The minimum absolute atomic E-state index is 0.702. The van der Waals surface area contributed by atoms with E-state index in [1.54, 1.807) is 0 Å². The normalized spacial score (nSPS) is 13.8. The fraction of sp³-hybridized carbons (Fsp3) is 0.133. The molecule has 0 saturated carbocycles. The van der Waals surface area contributed by atoms with Crippen molar-refractivity contribution in [3.05, 3.63) is 59.1 Å². The molecule has 19 heavy (non-hydrogen) atoms. The fourth-order valence-electron chi connectivity index (χ4n) is 1.91. The van der Waals surface area contributed by atoms with Crippen LogP contribution in [0.2, 0.25) is 5.02 Å². The summed E-state index contributed by atoms with van der Waals surface area (Å²) in [6, 6.07) is 15.2. The van der Waals surface area contributed by atoms with Crippen molar-refractivity contribution in [2.24, 2.45) is 4.99 Å². The third-order valence-corrected chi connectivity index (χ3v) is 3.10. The number of hydrogen-bond acceptors (Lipinski definition) is 3. The summed E-state index contributed by atoms with van der Waals surface area (Å²) >= 11 is 5.83. The predicted molar refractivity (Wildman–Crippen MR) is 77.4 cm³/mol. The monoisotopic (exact) mass is 272 g/mol. The summed E-state index contributed by atoms with van der Waals surface area (Å²) < 4.78 is 5.73. The molecule has 0 radical (unpaired) electrons. The summed E-state index contributed by atoms with van der Waals surface area (Å²) in [5, 5.41) is 3.94. The quantitative estimate of drug-likeness (QED) is 0.928. The van der Waals surface area contributed by atoms with Crippen LogP contribution in [0.25, 0.3) is 0 Å². The van der Waals surface area contributed by atoms with Crippen molar-refractivity contribution in [3.8, 4) is 11.5 Å². The zero-order chi connectivity index (χ0) is 13.1. The van der Waals surface area contributed by atoms with Gasteiger partial charge < -0.3 is 10.1 Å². The van der Waals surface area contributed by atoms with E-state index in [2.05, 4.69) is 10.3 Å². The average molecular weight is 273 g/mol. The Hall–Kier alpha value is -2.00. The van der Waals surface area contributed by atoms with E-state index in [1.165, 1.54) is 0 Å². The average Bonchev–Trinajstić information content (AvgIpc) is 2.96. The van der Waals surface area contributed by atoms with E-state index >= 15 is 0 Å². The maximum Gasteiger partial charge on any atom is 0.128 e. The van der Waals surface area contributed by atoms with Gasteiger partial charge in [-0.25, -0.2) is 0 Å². The lowest BCUT2D eigenvalue weighted by atomic mass is 10.2. The molecular weight excluding hydrogens is 260 g/mol. The fourth-order valence-corrected chi connectivity index (χ4v) is 2.04. The Bertz CT molecular complexity index is 591. The van der Waals surface area contributed by atoms with Gasteiger partial charge in [0, 0.05) is 17.1 Å². The minimum atomic E-state index is 0.702. The number of aliphatic imine (C=N–C) groups is 1. The molecular formula is C15H13ClN2O. The van der Waals surface area contributed by atoms with Gasteiger partial charge in [0.15, 0.2) is 0 Å². The third kappa shape index (κ3) is 2.88. The largest absolute Gasteiger partial charge is 0.457 e. The van der Waals surface area contributed by atoms with Crippen LogP contribution in [-0.4, -0.2) is 18.9 Å². The van der Waals surface area contributed by atoms with Gasteiger partial charge in [0.25, 0.3) is 0 Å². The molecule has 0 bridgehead atoms. The molecule has 0 aliphatic carbocycles. The molecule has 3 rings (SSSR count). The van der Waals surface area contributed by atoms with E-state index in [1.807, 2.05) is 48.5 Å². The Balaban J connectivity index is 1.73. The predicted octanol–water partition coefficient (Wildman–Crippen LogP) is 3.48. The van der Waals surface area contributed by atoms with Crippen molar-refractivity contribution in [2.75, 3.05) is 13.1 Å². The first-order valence-electron chi connectivity index (χ1n) is 6.13. The highest BCUT2D eigenvalue weighted by atomic mass is 35.5.